The minimum absolute atomic E-state index is 0.0394. The molecule has 2 rings (SSSR count). The first-order valence-electron chi connectivity index (χ1n) is 5.88. The van der Waals surface area contributed by atoms with Gasteiger partial charge in [-0.2, -0.15) is 0 Å². The lowest BCUT2D eigenvalue weighted by atomic mass is 10.1. The summed E-state index contributed by atoms with van der Waals surface area (Å²) in [5, 5.41) is -0.0394. The first kappa shape index (κ1) is 13.8. The van der Waals surface area contributed by atoms with Crippen molar-refractivity contribution in [3.8, 4) is 0 Å². The van der Waals surface area contributed by atoms with E-state index < -0.39 is 17.8 Å². The predicted molar refractivity (Wildman–Crippen MR) is 67.5 cm³/mol. The molecule has 0 N–H and O–H groups in total. The molecule has 0 radical (unpaired) electrons. The fraction of sp³-hybridized carbons (Fsp3) is 0.385. The molecule has 102 valence electrons. The number of likely N-dealkylation sites (tertiary alicyclic amines) is 1. The topological polar surface area (TPSA) is 46.6 Å². The van der Waals surface area contributed by atoms with Gasteiger partial charge in [-0.15, -0.1) is 0 Å². The first-order chi connectivity index (χ1) is 9.04. The number of carbonyl (C=O) groups excluding carboxylic acids is 2. The SMILES string of the molecule is COC(=O)C1CCCN1C(=O)c1ccc(Cl)c(F)c1. The second-order valence-electron chi connectivity index (χ2n) is 4.31. The molecule has 0 aromatic heterocycles. The van der Waals surface area contributed by atoms with Crippen LogP contribution in [0.15, 0.2) is 18.2 Å². The number of ether oxygens (including phenoxy) is 1. The van der Waals surface area contributed by atoms with Crippen LogP contribution < -0.4 is 0 Å². The summed E-state index contributed by atoms with van der Waals surface area (Å²) in [5.74, 6) is -1.48. The minimum Gasteiger partial charge on any atom is -0.467 e. The van der Waals surface area contributed by atoms with Crippen molar-refractivity contribution in [2.45, 2.75) is 18.9 Å². The Morgan fingerprint density at radius 1 is 1.47 bits per heavy atom. The molecule has 19 heavy (non-hydrogen) atoms. The molecule has 6 heteroatoms. The maximum Gasteiger partial charge on any atom is 0.328 e. The van der Waals surface area contributed by atoms with E-state index in [-0.39, 0.29) is 16.5 Å². The summed E-state index contributed by atoms with van der Waals surface area (Å²) in [6.07, 6.45) is 1.29. The highest BCUT2D eigenvalue weighted by molar-refractivity contribution is 6.30. The van der Waals surface area contributed by atoms with Gasteiger partial charge in [0.1, 0.15) is 11.9 Å². The molecule has 1 unspecified atom stereocenters. The van der Waals surface area contributed by atoms with E-state index in [1.165, 1.54) is 24.1 Å². The van der Waals surface area contributed by atoms with Crippen molar-refractivity contribution in [2.24, 2.45) is 0 Å². The fourth-order valence-electron chi connectivity index (χ4n) is 2.19. The summed E-state index contributed by atoms with van der Waals surface area (Å²) in [5.41, 5.74) is 0.178. The predicted octanol–water partition coefficient (Wildman–Crippen LogP) is 2.26. The average Bonchev–Trinajstić information content (AvgIpc) is 2.89. The van der Waals surface area contributed by atoms with Gasteiger partial charge < -0.3 is 9.64 Å². The molecule has 0 bridgehead atoms. The molecular weight excluding hydrogens is 273 g/mol. The molecule has 1 fully saturated rings. The van der Waals surface area contributed by atoms with Gasteiger partial charge in [0.2, 0.25) is 0 Å². The lowest BCUT2D eigenvalue weighted by molar-refractivity contribution is -0.145. The van der Waals surface area contributed by atoms with Crippen molar-refractivity contribution in [1.82, 2.24) is 4.90 Å². The lowest BCUT2D eigenvalue weighted by Crippen LogP contribution is -2.41. The van der Waals surface area contributed by atoms with Gasteiger partial charge in [0.05, 0.1) is 12.1 Å². The first-order valence-corrected chi connectivity index (χ1v) is 6.26. The third-order valence-electron chi connectivity index (χ3n) is 3.15. The number of hydrogen-bond donors (Lipinski definition) is 0. The Balaban J connectivity index is 2.23. The smallest absolute Gasteiger partial charge is 0.328 e. The van der Waals surface area contributed by atoms with Gasteiger partial charge in [-0.25, -0.2) is 9.18 Å². The van der Waals surface area contributed by atoms with Crippen LogP contribution in [-0.2, 0) is 9.53 Å². The van der Waals surface area contributed by atoms with Gasteiger partial charge in [-0.05, 0) is 31.0 Å². The zero-order valence-corrected chi connectivity index (χ0v) is 11.1. The van der Waals surface area contributed by atoms with Crippen molar-refractivity contribution in [3.63, 3.8) is 0 Å². The molecule has 1 saturated heterocycles. The second kappa shape index (κ2) is 5.57. The molecular formula is C13H13ClFNO3. The Morgan fingerprint density at radius 3 is 2.84 bits per heavy atom. The molecule has 1 amide bonds. The summed E-state index contributed by atoms with van der Waals surface area (Å²) in [6, 6.07) is 3.27. The van der Waals surface area contributed by atoms with Crippen molar-refractivity contribution >= 4 is 23.5 Å². The quantitative estimate of drug-likeness (QED) is 0.783. The summed E-state index contributed by atoms with van der Waals surface area (Å²) >= 11 is 5.57. The molecule has 0 aliphatic carbocycles. The second-order valence-corrected chi connectivity index (χ2v) is 4.72. The Morgan fingerprint density at radius 2 is 2.21 bits per heavy atom. The number of hydrogen-bond acceptors (Lipinski definition) is 3. The van der Waals surface area contributed by atoms with E-state index in [1.807, 2.05) is 0 Å². The molecule has 1 aromatic rings. The van der Waals surface area contributed by atoms with Crippen LogP contribution in [0, 0.1) is 5.82 Å². The molecule has 1 atom stereocenters. The van der Waals surface area contributed by atoms with E-state index in [0.29, 0.717) is 13.0 Å². The number of nitrogens with zero attached hydrogens (tertiary/aromatic N) is 1. The average molecular weight is 286 g/mol. The molecule has 1 aromatic carbocycles. The van der Waals surface area contributed by atoms with Crippen LogP contribution in [-0.4, -0.2) is 36.5 Å². The highest BCUT2D eigenvalue weighted by Gasteiger charge is 2.35. The number of halogens is 2. The Kier molecular flexibility index (Phi) is 4.04. The van der Waals surface area contributed by atoms with Crippen molar-refractivity contribution in [1.29, 1.82) is 0 Å². The third kappa shape index (κ3) is 2.71. The Bertz CT molecular complexity index is 521. The monoisotopic (exact) mass is 285 g/mol. The zero-order valence-electron chi connectivity index (χ0n) is 10.4. The molecule has 0 saturated carbocycles. The van der Waals surface area contributed by atoms with E-state index in [9.17, 15) is 14.0 Å². The zero-order chi connectivity index (χ0) is 14.0. The number of methoxy groups -OCH3 is 1. The molecule has 1 aliphatic rings. The van der Waals surface area contributed by atoms with Crippen LogP contribution in [0.2, 0.25) is 5.02 Å². The van der Waals surface area contributed by atoms with Crippen LogP contribution in [0.5, 0.6) is 0 Å². The highest BCUT2D eigenvalue weighted by Crippen LogP contribution is 2.23. The summed E-state index contributed by atoms with van der Waals surface area (Å²) in [6.45, 7) is 0.461. The van der Waals surface area contributed by atoms with Crippen LogP contribution in [0.25, 0.3) is 0 Å². The van der Waals surface area contributed by atoms with E-state index in [4.69, 9.17) is 11.6 Å². The summed E-state index contributed by atoms with van der Waals surface area (Å²) in [4.78, 5) is 25.2. The van der Waals surface area contributed by atoms with Gasteiger partial charge in [0.15, 0.2) is 0 Å². The number of carbonyl (C=O) groups is 2. The maximum absolute atomic E-state index is 13.4. The number of benzene rings is 1. The Labute approximate surface area is 115 Å². The fourth-order valence-corrected chi connectivity index (χ4v) is 2.30. The van der Waals surface area contributed by atoms with Crippen molar-refractivity contribution in [2.75, 3.05) is 13.7 Å². The van der Waals surface area contributed by atoms with E-state index in [0.717, 1.165) is 12.5 Å². The van der Waals surface area contributed by atoms with E-state index >= 15 is 0 Å². The number of rotatable bonds is 2. The minimum atomic E-state index is -0.652. The summed E-state index contributed by atoms with van der Waals surface area (Å²) < 4.78 is 18.0. The van der Waals surface area contributed by atoms with Gasteiger partial charge in [-0.1, -0.05) is 11.6 Å². The van der Waals surface area contributed by atoms with Crippen molar-refractivity contribution in [3.05, 3.63) is 34.6 Å². The van der Waals surface area contributed by atoms with Gasteiger partial charge in [0, 0.05) is 12.1 Å². The molecule has 4 nitrogen and oxygen atoms in total. The highest BCUT2D eigenvalue weighted by atomic mass is 35.5. The van der Waals surface area contributed by atoms with Gasteiger partial charge in [0.25, 0.3) is 5.91 Å². The molecule has 1 heterocycles. The number of esters is 1. The van der Waals surface area contributed by atoms with Crippen LogP contribution in [0.3, 0.4) is 0 Å². The summed E-state index contributed by atoms with van der Waals surface area (Å²) in [7, 11) is 1.28. The van der Waals surface area contributed by atoms with Crippen LogP contribution in [0.1, 0.15) is 23.2 Å². The number of amides is 1. The third-order valence-corrected chi connectivity index (χ3v) is 3.46. The molecule has 0 spiro atoms. The Hall–Kier alpha value is -1.62. The van der Waals surface area contributed by atoms with Crippen LogP contribution >= 0.6 is 11.6 Å². The molecule has 1 aliphatic heterocycles. The lowest BCUT2D eigenvalue weighted by Gasteiger charge is -2.22. The van der Waals surface area contributed by atoms with E-state index in [1.54, 1.807) is 0 Å². The maximum atomic E-state index is 13.4. The van der Waals surface area contributed by atoms with Gasteiger partial charge in [-0.3, -0.25) is 4.79 Å². The normalized spacial score (nSPS) is 18.5. The largest absolute Gasteiger partial charge is 0.467 e. The van der Waals surface area contributed by atoms with E-state index in [2.05, 4.69) is 4.74 Å². The van der Waals surface area contributed by atoms with Crippen LogP contribution in [0.4, 0.5) is 4.39 Å². The standard InChI is InChI=1S/C13H13ClFNO3/c1-19-13(18)11-3-2-6-16(11)12(17)8-4-5-9(14)10(15)7-8/h4-5,7,11H,2-3,6H2,1H3. The van der Waals surface area contributed by atoms with Gasteiger partial charge >= 0.3 is 5.97 Å². The van der Waals surface area contributed by atoms with Crippen molar-refractivity contribution < 1.29 is 18.7 Å².